The second kappa shape index (κ2) is 7.24. The molecule has 0 heterocycles. The quantitative estimate of drug-likeness (QED) is 0.772. The highest BCUT2D eigenvalue weighted by atomic mass is 16.5. The summed E-state index contributed by atoms with van der Waals surface area (Å²) in [7, 11) is 3.99. The van der Waals surface area contributed by atoms with Crippen molar-refractivity contribution in [2.45, 2.75) is 25.9 Å². The molecule has 1 aromatic carbocycles. The van der Waals surface area contributed by atoms with Crippen molar-refractivity contribution in [2.24, 2.45) is 0 Å². The standard InChI is InChI=1S/C14H24N2O2/c1-11(2)15-12(9-17)10-18-14-7-5-6-13(8-14)16(3)4/h5-8,11-12,15,17H,9-10H2,1-4H3. The first-order valence-corrected chi connectivity index (χ1v) is 6.30. The molecular weight excluding hydrogens is 228 g/mol. The number of nitrogens with zero attached hydrogens (tertiary/aromatic N) is 1. The van der Waals surface area contributed by atoms with Gasteiger partial charge < -0.3 is 20.1 Å². The monoisotopic (exact) mass is 252 g/mol. The number of hydrogen-bond acceptors (Lipinski definition) is 4. The zero-order chi connectivity index (χ0) is 13.5. The molecule has 4 nitrogen and oxygen atoms in total. The number of benzene rings is 1. The molecule has 0 spiro atoms. The van der Waals surface area contributed by atoms with Crippen LogP contribution in [0.25, 0.3) is 0 Å². The van der Waals surface area contributed by atoms with Crippen LogP contribution < -0.4 is 15.0 Å². The van der Waals surface area contributed by atoms with Crippen LogP contribution in [0, 0.1) is 0 Å². The second-order valence-corrected chi connectivity index (χ2v) is 4.90. The van der Waals surface area contributed by atoms with Crippen LogP contribution in [-0.4, -0.2) is 44.5 Å². The molecule has 1 atom stereocenters. The molecule has 18 heavy (non-hydrogen) atoms. The van der Waals surface area contributed by atoms with Gasteiger partial charge in [0.15, 0.2) is 0 Å². The van der Waals surface area contributed by atoms with E-state index in [-0.39, 0.29) is 12.6 Å². The van der Waals surface area contributed by atoms with E-state index in [9.17, 15) is 5.11 Å². The fourth-order valence-electron chi connectivity index (χ4n) is 1.67. The lowest BCUT2D eigenvalue weighted by molar-refractivity contribution is 0.177. The van der Waals surface area contributed by atoms with Crippen molar-refractivity contribution >= 4 is 5.69 Å². The average Bonchev–Trinajstić information content (AvgIpc) is 2.34. The predicted molar refractivity (Wildman–Crippen MR) is 75.4 cm³/mol. The van der Waals surface area contributed by atoms with Gasteiger partial charge in [-0.1, -0.05) is 19.9 Å². The molecule has 0 aliphatic rings. The van der Waals surface area contributed by atoms with E-state index in [1.807, 2.05) is 43.3 Å². The van der Waals surface area contributed by atoms with E-state index in [4.69, 9.17) is 4.74 Å². The summed E-state index contributed by atoms with van der Waals surface area (Å²) in [5.41, 5.74) is 1.10. The summed E-state index contributed by atoms with van der Waals surface area (Å²) >= 11 is 0. The van der Waals surface area contributed by atoms with Crippen molar-refractivity contribution < 1.29 is 9.84 Å². The Kier molecular flexibility index (Phi) is 5.95. The number of nitrogens with one attached hydrogen (secondary N) is 1. The summed E-state index contributed by atoms with van der Waals surface area (Å²) in [6.07, 6.45) is 0. The molecule has 0 bridgehead atoms. The van der Waals surface area contributed by atoms with E-state index in [1.54, 1.807) is 0 Å². The van der Waals surface area contributed by atoms with Gasteiger partial charge in [0.1, 0.15) is 12.4 Å². The topological polar surface area (TPSA) is 44.7 Å². The SMILES string of the molecule is CC(C)NC(CO)COc1cccc(N(C)C)c1. The van der Waals surface area contributed by atoms with Crippen LogP contribution in [0.1, 0.15) is 13.8 Å². The minimum absolute atomic E-state index is 0.0342. The predicted octanol–water partition coefficient (Wildman–Crippen LogP) is 1.49. The Morgan fingerprint density at radius 2 is 2.06 bits per heavy atom. The zero-order valence-corrected chi connectivity index (χ0v) is 11.7. The van der Waals surface area contributed by atoms with Gasteiger partial charge in [-0.3, -0.25) is 0 Å². The van der Waals surface area contributed by atoms with E-state index in [0.29, 0.717) is 12.6 Å². The van der Waals surface area contributed by atoms with E-state index in [0.717, 1.165) is 11.4 Å². The molecule has 102 valence electrons. The normalized spacial score (nSPS) is 12.6. The Hall–Kier alpha value is -1.26. The van der Waals surface area contributed by atoms with Gasteiger partial charge in [-0.25, -0.2) is 0 Å². The molecular formula is C14H24N2O2. The zero-order valence-electron chi connectivity index (χ0n) is 11.7. The van der Waals surface area contributed by atoms with Gasteiger partial charge in [0.2, 0.25) is 0 Å². The van der Waals surface area contributed by atoms with Gasteiger partial charge in [0.05, 0.1) is 12.6 Å². The lowest BCUT2D eigenvalue weighted by atomic mass is 10.2. The lowest BCUT2D eigenvalue weighted by Gasteiger charge is -2.20. The molecule has 1 rings (SSSR count). The first-order chi connectivity index (χ1) is 8.52. The molecule has 1 unspecified atom stereocenters. The van der Waals surface area contributed by atoms with Gasteiger partial charge >= 0.3 is 0 Å². The van der Waals surface area contributed by atoms with Crippen LogP contribution in [0.15, 0.2) is 24.3 Å². The smallest absolute Gasteiger partial charge is 0.121 e. The number of ether oxygens (including phenoxy) is 1. The number of hydrogen-bond donors (Lipinski definition) is 2. The maximum atomic E-state index is 9.25. The van der Waals surface area contributed by atoms with Crippen molar-refractivity contribution in [1.82, 2.24) is 5.32 Å². The maximum absolute atomic E-state index is 9.25. The summed E-state index contributed by atoms with van der Waals surface area (Å²) < 4.78 is 5.70. The van der Waals surface area contributed by atoms with Crippen LogP contribution in [0.2, 0.25) is 0 Å². The Bertz CT molecular complexity index is 353. The van der Waals surface area contributed by atoms with Crippen LogP contribution in [0.3, 0.4) is 0 Å². The summed E-state index contributed by atoms with van der Waals surface area (Å²) in [5.74, 6) is 0.824. The van der Waals surface area contributed by atoms with E-state index >= 15 is 0 Å². The molecule has 0 aromatic heterocycles. The van der Waals surface area contributed by atoms with Crippen molar-refractivity contribution in [3.63, 3.8) is 0 Å². The van der Waals surface area contributed by atoms with Gasteiger partial charge in [-0.05, 0) is 12.1 Å². The van der Waals surface area contributed by atoms with E-state index in [1.165, 1.54) is 0 Å². The highest BCUT2D eigenvalue weighted by molar-refractivity contribution is 5.49. The summed E-state index contributed by atoms with van der Waals surface area (Å²) in [6, 6.07) is 8.21. The van der Waals surface area contributed by atoms with Crippen molar-refractivity contribution in [3.8, 4) is 5.75 Å². The lowest BCUT2D eigenvalue weighted by Crippen LogP contribution is -2.41. The summed E-state index contributed by atoms with van der Waals surface area (Å²) in [6.45, 7) is 4.64. The molecule has 0 fully saturated rings. The maximum Gasteiger partial charge on any atom is 0.121 e. The molecule has 0 aliphatic carbocycles. The van der Waals surface area contributed by atoms with E-state index < -0.39 is 0 Å². The first-order valence-electron chi connectivity index (χ1n) is 6.30. The molecule has 0 amide bonds. The summed E-state index contributed by atoms with van der Waals surface area (Å²) in [4.78, 5) is 2.03. The van der Waals surface area contributed by atoms with Crippen LogP contribution in [0.5, 0.6) is 5.75 Å². The number of anilines is 1. The van der Waals surface area contributed by atoms with Crippen molar-refractivity contribution in [1.29, 1.82) is 0 Å². The number of aliphatic hydroxyl groups excluding tert-OH is 1. The Labute approximate surface area is 110 Å². The van der Waals surface area contributed by atoms with Gasteiger partial charge in [0, 0.05) is 31.9 Å². The third-order valence-corrected chi connectivity index (χ3v) is 2.57. The Balaban J connectivity index is 2.54. The molecule has 0 radical (unpaired) electrons. The molecule has 0 saturated heterocycles. The van der Waals surface area contributed by atoms with Crippen LogP contribution in [-0.2, 0) is 0 Å². The Morgan fingerprint density at radius 3 is 2.61 bits per heavy atom. The van der Waals surface area contributed by atoms with Crippen LogP contribution >= 0.6 is 0 Å². The number of aliphatic hydroxyl groups is 1. The number of rotatable bonds is 7. The fraction of sp³-hybridized carbons (Fsp3) is 0.571. The molecule has 2 N–H and O–H groups in total. The molecule has 0 aliphatic heterocycles. The fourth-order valence-corrected chi connectivity index (χ4v) is 1.67. The van der Waals surface area contributed by atoms with Crippen molar-refractivity contribution in [2.75, 3.05) is 32.2 Å². The average molecular weight is 252 g/mol. The minimum Gasteiger partial charge on any atom is -0.492 e. The first kappa shape index (κ1) is 14.8. The largest absolute Gasteiger partial charge is 0.492 e. The van der Waals surface area contributed by atoms with Crippen molar-refractivity contribution in [3.05, 3.63) is 24.3 Å². The highest BCUT2D eigenvalue weighted by Crippen LogP contribution is 2.19. The van der Waals surface area contributed by atoms with E-state index in [2.05, 4.69) is 19.2 Å². The van der Waals surface area contributed by atoms with Gasteiger partial charge in [0.25, 0.3) is 0 Å². The van der Waals surface area contributed by atoms with Gasteiger partial charge in [-0.15, -0.1) is 0 Å². The third kappa shape index (κ3) is 4.94. The van der Waals surface area contributed by atoms with Crippen LogP contribution in [0.4, 0.5) is 5.69 Å². The molecule has 0 saturated carbocycles. The van der Waals surface area contributed by atoms with Gasteiger partial charge in [-0.2, -0.15) is 0 Å². The third-order valence-electron chi connectivity index (χ3n) is 2.57. The second-order valence-electron chi connectivity index (χ2n) is 4.90. The Morgan fingerprint density at radius 1 is 1.33 bits per heavy atom. The minimum atomic E-state index is -0.0342. The highest BCUT2D eigenvalue weighted by Gasteiger charge is 2.09. The molecule has 4 heteroatoms. The molecule has 1 aromatic rings. The summed E-state index contributed by atoms with van der Waals surface area (Å²) in [5, 5.41) is 12.5.